The Kier molecular flexibility index (Phi) is 7.16. The summed E-state index contributed by atoms with van der Waals surface area (Å²) >= 11 is 0. The first kappa shape index (κ1) is 25.6. The average Bonchev–Trinajstić information content (AvgIpc) is 2.90. The smallest absolute Gasteiger partial charge is 0.365 e. The van der Waals surface area contributed by atoms with E-state index in [1.165, 1.54) is 18.6 Å². The van der Waals surface area contributed by atoms with Crippen molar-refractivity contribution in [1.29, 1.82) is 0 Å². The van der Waals surface area contributed by atoms with E-state index in [0.717, 1.165) is 31.3 Å². The summed E-state index contributed by atoms with van der Waals surface area (Å²) in [5.74, 6) is -0.462. The summed E-state index contributed by atoms with van der Waals surface area (Å²) < 4.78 is 40.5. The van der Waals surface area contributed by atoms with Crippen LogP contribution in [-0.4, -0.2) is 84.9 Å². The number of amides is 2. The highest BCUT2D eigenvalue weighted by Crippen LogP contribution is 2.40. The minimum absolute atomic E-state index is 0.00844. The predicted octanol–water partition coefficient (Wildman–Crippen LogP) is 3.30. The van der Waals surface area contributed by atoms with E-state index in [-0.39, 0.29) is 17.9 Å². The number of piperazine rings is 2. The lowest BCUT2D eigenvalue weighted by Gasteiger charge is -2.50. The first-order valence-electron chi connectivity index (χ1n) is 13.0. The maximum Gasteiger partial charge on any atom is 0.416 e. The molecule has 0 bridgehead atoms. The van der Waals surface area contributed by atoms with Crippen molar-refractivity contribution >= 4 is 17.5 Å². The minimum Gasteiger partial charge on any atom is -0.365 e. The van der Waals surface area contributed by atoms with Crippen molar-refractivity contribution in [2.24, 2.45) is 5.92 Å². The van der Waals surface area contributed by atoms with E-state index in [1.54, 1.807) is 15.9 Å². The van der Waals surface area contributed by atoms with Crippen LogP contribution in [0.4, 0.5) is 18.9 Å². The Morgan fingerprint density at radius 1 is 0.919 bits per heavy atom. The van der Waals surface area contributed by atoms with E-state index in [4.69, 9.17) is 0 Å². The Morgan fingerprint density at radius 2 is 1.62 bits per heavy atom. The number of nitrogens with zero attached hydrogens (tertiary/aromatic N) is 4. The molecule has 2 aromatic carbocycles. The minimum atomic E-state index is -4.43. The van der Waals surface area contributed by atoms with E-state index in [9.17, 15) is 22.8 Å². The van der Waals surface area contributed by atoms with Crippen LogP contribution < -0.4 is 4.90 Å². The molecule has 3 aliphatic heterocycles. The van der Waals surface area contributed by atoms with Crippen LogP contribution in [0.15, 0.2) is 48.5 Å². The van der Waals surface area contributed by atoms with Gasteiger partial charge in [0.1, 0.15) is 0 Å². The van der Waals surface area contributed by atoms with Crippen LogP contribution in [-0.2, 0) is 28.6 Å². The van der Waals surface area contributed by atoms with Crippen LogP contribution in [0.3, 0.4) is 0 Å². The Labute approximate surface area is 215 Å². The van der Waals surface area contributed by atoms with Gasteiger partial charge in [-0.2, -0.15) is 13.2 Å². The number of rotatable bonds is 4. The van der Waals surface area contributed by atoms with E-state index < -0.39 is 17.7 Å². The zero-order valence-electron chi connectivity index (χ0n) is 21.1. The summed E-state index contributed by atoms with van der Waals surface area (Å²) in [6.07, 6.45) is -3.23. The van der Waals surface area contributed by atoms with Crippen molar-refractivity contribution < 1.29 is 22.8 Å². The molecule has 2 aromatic rings. The molecule has 9 heteroatoms. The van der Waals surface area contributed by atoms with Crippen molar-refractivity contribution in [2.75, 3.05) is 57.3 Å². The van der Waals surface area contributed by atoms with Gasteiger partial charge in [0, 0.05) is 65.0 Å². The van der Waals surface area contributed by atoms with Crippen LogP contribution in [0, 0.1) is 5.92 Å². The van der Waals surface area contributed by atoms with Crippen molar-refractivity contribution in [3.8, 4) is 0 Å². The van der Waals surface area contributed by atoms with Gasteiger partial charge in [-0.15, -0.1) is 0 Å². The molecule has 2 atom stereocenters. The third-order valence-corrected chi connectivity index (χ3v) is 8.04. The molecule has 5 rings (SSSR count). The molecule has 0 radical (unpaired) electrons. The van der Waals surface area contributed by atoms with Crippen LogP contribution in [0.2, 0.25) is 0 Å². The van der Waals surface area contributed by atoms with Crippen molar-refractivity contribution in [3.63, 3.8) is 0 Å². The average molecular weight is 515 g/mol. The molecule has 2 saturated heterocycles. The summed E-state index contributed by atoms with van der Waals surface area (Å²) in [4.78, 5) is 33.6. The van der Waals surface area contributed by atoms with Crippen LogP contribution in [0.5, 0.6) is 0 Å². The summed E-state index contributed by atoms with van der Waals surface area (Å²) in [6, 6.07) is 14.1. The fourth-order valence-corrected chi connectivity index (χ4v) is 5.95. The van der Waals surface area contributed by atoms with Crippen LogP contribution in [0.25, 0.3) is 0 Å². The van der Waals surface area contributed by atoms with Gasteiger partial charge in [-0.3, -0.25) is 14.5 Å². The lowest BCUT2D eigenvalue weighted by Crippen LogP contribution is -2.62. The van der Waals surface area contributed by atoms with E-state index in [1.807, 2.05) is 18.2 Å². The van der Waals surface area contributed by atoms with Crippen molar-refractivity contribution in [1.82, 2.24) is 14.7 Å². The number of fused-ring (bicyclic) bond motifs is 3. The SMILES string of the molecule is CC(=O)N1CCN(C(=O)[C@H]2Cc3cc(C(F)(F)F)ccc3N3CCN(CCc4ccccc4)C[C@@H]23)CC1. The molecule has 2 amide bonds. The van der Waals surface area contributed by atoms with Crippen LogP contribution >= 0.6 is 0 Å². The normalized spacial score (nSPS) is 22.4. The molecule has 198 valence electrons. The quantitative estimate of drug-likeness (QED) is 0.629. The van der Waals surface area contributed by atoms with Gasteiger partial charge in [-0.05, 0) is 42.2 Å². The number of alkyl halides is 3. The summed E-state index contributed by atoms with van der Waals surface area (Å²) in [7, 11) is 0. The highest BCUT2D eigenvalue weighted by atomic mass is 19.4. The van der Waals surface area contributed by atoms with Gasteiger partial charge in [0.2, 0.25) is 11.8 Å². The third kappa shape index (κ3) is 5.46. The van der Waals surface area contributed by atoms with Crippen LogP contribution in [0.1, 0.15) is 23.6 Å². The van der Waals surface area contributed by atoms with Gasteiger partial charge in [-0.25, -0.2) is 0 Å². The molecule has 3 heterocycles. The zero-order valence-corrected chi connectivity index (χ0v) is 21.1. The molecule has 0 saturated carbocycles. The highest BCUT2D eigenvalue weighted by molar-refractivity contribution is 5.83. The Balaban J connectivity index is 1.38. The lowest BCUT2D eigenvalue weighted by atomic mass is 9.82. The van der Waals surface area contributed by atoms with Crippen molar-refractivity contribution in [3.05, 3.63) is 65.2 Å². The molecular weight excluding hydrogens is 481 g/mol. The Hall–Kier alpha value is -3.07. The molecule has 37 heavy (non-hydrogen) atoms. The lowest BCUT2D eigenvalue weighted by molar-refractivity contribution is -0.142. The molecule has 0 N–H and O–H groups in total. The molecule has 0 unspecified atom stereocenters. The van der Waals surface area contributed by atoms with Gasteiger partial charge < -0.3 is 14.7 Å². The fraction of sp³-hybridized carbons (Fsp3) is 0.500. The molecule has 0 spiro atoms. The number of hydrogen-bond donors (Lipinski definition) is 0. The second-order valence-electron chi connectivity index (χ2n) is 10.3. The Morgan fingerprint density at radius 3 is 2.30 bits per heavy atom. The van der Waals surface area contributed by atoms with Gasteiger partial charge in [0.05, 0.1) is 17.5 Å². The maximum atomic E-state index is 13.8. The molecule has 2 fully saturated rings. The van der Waals surface area contributed by atoms with E-state index >= 15 is 0 Å². The molecule has 3 aliphatic rings. The number of hydrogen-bond acceptors (Lipinski definition) is 4. The van der Waals surface area contributed by atoms with Gasteiger partial charge >= 0.3 is 6.18 Å². The first-order chi connectivity index (χ1) is 17.7. The van der Waals surface area contributed by atoms with Gasteiger partial charge in [0.15, 0.2) is 0 Å². The second-order valence-corrected chi connectivity index (χ2v) is 10.3. The number of halogens is 3. The molecule has 0 aromatic heterocycles. The number of carbonyl (C=O) groups is 2. The number of benzene rings is 2. The standard InChI is InChI=1S/C28H33F3N4O2/c1-20(36)33-12-14-34(15-13-33)27(37)24-18-22-17-23(28(29,30)31)7-8-25(22)35-16-11-32(19-26(24)35)10-9-21-5-3-2-4-6-21/h2-8,17,24,26H,9-16,18-19H2,1H3/t24-,26-/m0/s1. The number of carbonyl (C=O) groups excluding carboxylic acids is 2. The predicted molar refractivity (Wildman–Crippen MR) is 135 cm³/mol. The third-order valence-electron chi connectivity index (χ3n) is 8.04. The summed E-state index contributed by atoms with van der Waals surface area (Å²) in [6.45, 7) is 6.42. The fourth-order valence-electron chi connectivity index (χ4n) is 5.95. The van der Waals surface area contributed by atoms with E-state index in [0.29, 0.717) is 51.3 Å². The van der Waals surface area contributed by atoms with Gasteiger partial charge in [-0.1, -0.05) is 30.3 Å². The van der Waals surface area contributed by atoms with Gasteiger partial charge in [0.25, 0.3) is 0 Å². The number of anilines is 1. The summed E-state index contributed by atoms with van der Waals surface area (Å²) in [5.41, 5.74) is 1.98. The summed E-state index contributed by atoms with van der Waals surface area (Å²) in [5, 5.41) is 0. The second kappa shape index (κ2) is 10.4. The topological polar surface area (TPSA) is 47.1 Å². The first-order valence-corrected chi connectivity index (χ1v) is 13.0. The highest BCUT2D eigenvalue weighted by Gasteiger charge is 2.44. The Bertz CT molecular complexity index is 1130. The maximum absolute atomic E-state index is 13.8. The molecule has 0 aliphatic carbocycles. The zero-order chi connectivity index (χ0) is 26.2. The molecule has 6 nitrogen and oxygen atoms in total. The monoisotopic (exact) mass is 514 g/mol. The van der Waals surface area contributed by atoms with Crippen molar-refractivity contribution in [2.45, 2.75) is 32.0 Å². The van der Waals surface area contributed by atoms with E-state index in [2.05, 4.69) is 21.9 Å². The largest absolute Gasteiger partial charge is 0.416 e. The molecular formula is C28H33F3N4O2.